The smallest absolute Gasteiger partial charge is 0.328 e. The lowest BCUT2D eigenvalue weighted by molar-refractivity contribution is -0.131. The number of aliphatic carboxylic acids is 1. The number of carboxylic acid groups (broad SMARTS) is 1. The maximum atomic E-state index is 12.1. The Morgan fingerprint density at radius 1 is 1.33 bits per heavy atom. The highest BCUT2D eigenvalue weighted by molar-refractivity contribution is 6.25. The van der Waals surface area contributed by atoms with Crippen molar-refractivity contribution in [1.29, 1.82) is 0 Å². The summed E-state index contributed by atoms with van der Waals surface area (Å²) in [6.07, 6.45) is 3.03. The van der Waals surface area contributed by atoms with Crippen molar-refractivity contribution in [3.8, 4) is 5.75 Å². The monoisotopic (exact) mass is 287 g/mol. The fourth-order valence-corrected chi connectivity index (χ4v) is 2.57. The third-order valence-electron chi connectivity index (χ3n) is 3.73. The van der Waals surface area contributed by atoms with Crippen molar-refractivity contribution in [1.82, 2.24) is 0 Å². The van der Waals surface area contributed by atoms with Crippen LogP contribution in [0.25, 0.3) is 6.08 Å². The van der Waals surface area contributed by atoms with E-state index in [0.29, 0.717) is 23.4 Å². The van der Waals surface area contributed by atoms with E-state index in [1.165, 1.54) is 13.2 Å². The van der Waals surface area contributed by atoms with Gasteiger partial charge in [-0.3, -0.25) is 9.59 Å². The van der Waals surface area contributed by atoms with Crippen LogP contribution in [0, 0.1) is 11.8 Å². The average Bonchev–Trinajstić information content (AvgIpc) is 3.21. The van der Waals surface area contributed by atoms with Gasteiger partial charge in [0, 0.05) is 6.08 Å². The molecule has 2 atom stereocenters. The van der Waals surface area contributed by atoms with Crippen LogP contribution in [-0.4, -0.2) is 30.0 Å². The number of imide groups is 1. The van der Waals surface area contributed by atoms with Gasteiger partial charge in [-0.25, -0.2) is 9.69 Å². The number of amides is 2. The highest BCUT2D eigenvalue weighted by atomic mass is 16.5. The highest BCUT2D eigenvalue weighted by Gasteiger charge is 2.59. The Hall–Kier alpha value is -2.63. The molecule has 1 saturated carbocycles. The van der Waals surface area contributed by atoms with Gasteiger partial charge >= 0.3 is 5.97 Å². The van der Waals surface area contributed by atoms with Gasteiger partial charge in [-0.1, -0.05) is 6.07 Å². The molecule has 0 aromatic heterocycles. The van der Waals surface area contributed by atoms with E-state index < -0.39 is 5.97 Å². The first kappa shape index (κ1) is 13.4. The van der Waals surface area contributed by atoms with Gasteiger partial charge in [0.25, 0.3) is 0 Å². The van der Waals surface area contributed by atoms with Gasteiger partial charge in [0.05, 0.1) is 24.6 Å². The number of rotatable bonds is 4. The fraction of sp³-hybridized carbons (Fsp3) is 0.267. The van der Waals surface area contributed by atoms with Crippen molar-refractivity contribution in [3.05, 3.63) is 29.8 Å². The van der Waals surface area contributed by atoms with Gasteiger partial charge in [0.1, 0.15) is 5.75 Å². The molecule has 2 aliphatic rings. The Morgan fingerprint density at radius 2 is 2.00 bits per heavy atom. The van der Waals surface area contributed by atoms with Crippen LogP contribution in [0.3, 0.4) is 0 Å². The number of ether oxygens (including phenoxy) is 1. The van der Waals surface area contributed by atoms with E-state index in [0.717, 1.165) is 11.0 Å². The minimum Gasteiger partial charge on any atom is -0.495 e. The van der Waals surface area contributed by atoms with Gasteiger partial charge in [-0.15, -0.1) is 0 Å². The summed E-state index contributed by atoms with van der Waals surface area (Å²) in [5.74, 6) is -1.46. The van der Waals surface area contributed by atoms with Crippen LogP contribution in [-0.2, 0) is 14.4 Å². The Labute approximate surface area is 120 Å². The molecule has 3 rings (SSSR count). The molecule has 1 N–H and O–H groups in total. The number of nitrogens with zero attached hydrogens (tertiary/aromatic N) is 1. The number of carboxylic acids is 1. The number of benzene rings is 1. The summed E-state index contributed by atoms with van der Waals surface area (Å²) in [7, 11) is 1.46. The second-order valence-corrected chi connectivity index (χ2v) is 5.06. The van der Waals surface area contributed by atoms with Crippen LogP contribution in [0.4, 0.5) is 5.69 Å². The largest absolute Gasteiger partial charge is 0.495 e. The molecule has 2 unspecified atom stereocenters. The van der Waals surface area contributed by atoms with E-state index in [2.05, 4.69) is 0 Å². The number of carbonyl (C=O) groups excluding carboxylic acids is 2. The molecule has 1 aromatic rings. The van der Waals surface area contributed by atoms with Crippen molar-refractivity contribution < 1.29 is 24.2 Å². The Bertz CT molecular complexity index is 659. The normalized spacial score (nSPS) is 23.6. The van der Waals surface area contributed by atoms with Gasteiger partial charge in [0.2, 0.25) is 11.8 Å². The topological polar surface area (TPSA) is 83.9 Å². The number of methoxy groups -OCH3 is 1. The van der Waals surface area contributed by atoms with Crippen LogP contribution in [0.2, 0.25) is 0 Å². The van der Waals surface area contributed by atoms with Crippen LogP contribution in [0.15, 0.2) is 24.3 Å². The lowest BCUT2D eigenvalue weighted by Crippen LogP contribution is -2.33. The molecular weight excluding hydrogens is 274 g/mol. The molecule has 2 amide bonds. The van der Waals surface area contributed by atoms with Crippen molar-refractivity contribution >= 4 is 29.5 Å². The molecule has 6 nitrogen and oxygen atoms in total. The Balaban J connectivity index is 2.00. The summed E-state index contributed by atoms with van der Waals surface area (Å²) in [5.41, 5.74) is 0.946. The van der Waals surface area contributed by atoms with Gasteiger partial charge in [-0.2, -0.15) is 0 Å². The lowest BCUT2D eigenvalue weighted by atomic mass is 10.1. The van der Waals surface area contributed by atoms with Crippen molar-refractivity contribution in [2.75, 3.05) is 12.0 Å². The zero-order valence-electron chi connectivity index (χ0n) is 11.3. The lowest BCUT2D eigenvalue weighted by Gasteiger charge is -2.19. The van der Waals surface area contributed by atoms with Crippen LogP contribution in [0.1, 0.15) is 12.0 Å². The van der Waals surface area contributed by atoms with Gasteiger partial charge in [0.15, 0.2) is 0 Å². The predicted octanol–water partition coefficient (Wildman–Crippen LogP) is 1.30. The second-order valence-electron chi connectivity index (χ2n) is 5.06. The molecule has 0 spiro atoms. The van der Waals surface area contributed by atoms with E-state index in [4.69, 9.17) is 9.84 Å². The Kier molecular flexibility index (Phi) is 3.01. The van der Waals surface area contributed by atoms with E-state index in [-0.39, 0.29) is 23.7 Å². The summed E-state index contributed by atoms with van der Waals surface area (Å²) < 4.78 is 5.20. The maximum Gasteiger partial charge on any atom is 0.328 e. The molecule has 108 valence electrons. The predicted molar refractivity (Wildman–Crippen MR) is 73.8 cm³/mol. The molecule has 0 radical (unpaired) electrons. The van der Waals surface area contributed by atoms with Crippen LogP contribution in [0.5, 0.6) is 5.75 Å². The van der Waals surface area contributed by atoms with Gasteiger partial charge < -0.3 is 9.84 Å². The highest BCUT2D eigenvalue weighted by Crippen LogP contribution is 2.49. The molecular formula is C15H13NO5. The number of carbonyl (C=O) groups is 3. The molecule has 1 heterocycles. The van der Waals surface area contributed by atoms with Crippen molar-refractivity contribution in [2.24, 2.45) is 11.8 Å². The summed E-state index contributed by atoms with van der Waals surface area (Å²) in [6.45, 7) is 0. The first-order chi connectivity index (χ1) is 10.0. The molecule has 21 heavy (non-hydrogen) atoms. The first-order valence-corrected chi connectivity index (χ1v) is 6.50. The molecule has 2 fully saturated rings. The molecule has 1 aliphatic heterocycles. The first-order valence-electron chi connectivity index (χ1n) is 6.50. The third-order valence-corrected chi connectivity index (χ3v) is 3.73. The summed E-state index contributed by atoms with van der Waals surface area (Å²) >= 11 is 0. The molecule has 0 bridgehead atoms. The number of hydrogen-bond donors (Lipinski definition) is 1. The second kappa shape index (κ2) is 4.73. The molecule has 1 aliphatic carbocycles. The third kappa shape index (κ3) is 2.18. The summed E-state index contributed by atoms with van der Waals surface area (Å²) in [5, 5.41) is 8.65. The standard InChI is InChI=1S/C15H13NO5/c1-21-12-4-2-8(3-5-13(17)18)6-11(12)16-14(19)9-7-10(9)15(16)20/h2-6,9-10H,7H2,1H3,(H,17,18). The zero-order chi connectivity index (χ0) is 15.1. The van der Waals surface area contributed by atoms with E-state index in [9.17, 15) is 14.4 Å². The van der Waals surface area contributed by atoms with Crippen LogP contribution < -0.4 is 9.64 Å². The van der Waals surface area contributed by atoms with E-state index in [1.807, 2.05) is 0 Å². The van der Waals surface area contributed by atoms with E-state index in [1.54, 1.807) is 18.2 Å². The van der Waals surface area contributed by atoms with Crippen molar-refractivity contribution in [3.63, 3.8) is 0 Å². The Morgan fingerprint density at radius 3 is 2.57 bits per heavy atom. The fourth-order valence-electron chi connectivity index (χ4n) is 2.57. The summed E-state index contributed by atoms with van der Waals surface area (Å²) in [4.78, 5) is 36.0. The molecule has 6 heteroatoms. The van der Waals surface area contributed by atoms with Crippen LogP contribution >= 0.6 is 0 Å². The minimum absolute atomic E-state index is 0.194. The quantitative estimate of drug-likeness (QED) is 0.666. The number of piperidine rings is 1. The average molecular weight is 287 g/mol. The summed E-state index contributed by atoms with van der Waals surface area (Å²) in [6, 6.07) is 4.85. The number of fused-ring (bicyclic) bond motifs is 1. The zero-order valence-corrected chi connectivity index (χ0v) is 11.3. The molecule has 1 saturated heterocycles. The molecule has 1 aromatic carbocycles. The van der Waals surface area contributed by atoms with E-state index >= 15 is 0 Å². The SMILES string of the molecule is COc1ccc(C=CC(=O)O)cc1N1C(=O)C2CC2C1=O. The number of hydrogen-bond acceptors (Lipinski definition) is 4. The minimum atomic E-state index is -1.07. The van der Waals surface area contributed by atoms with Gasteiger partial charge in [-0.05, 0) is 30.2 Å². The number of anilines is 1. The maximum absolute atomic E-state index is 12.1. The van der Waals surface area contributed by atoms with Crippen molar-refractivity contribution in [2.45, 2.75) is 6.42 Å².